The molecule has 0 spiro atoms. The minimum Gasteiger partial charge on any atom is -0.465 e. The highest BCUT2D eigenvalue weighted by Gasteiger charge is 2.37. The Hall–Kier alpha value is -2.83. The number of aromatic amines is 1. The molecule has 2 aromatic rings. The number of aliphatic imine (C=N–C) groups is 1. The van der Waals surface area contributed by atoms with Crippen LogP contribution in [-0.4, -0.2) is 42.1 Å². The van der Waals surface area contributed by atoms with Crippen LogP contribution in [0.2, 0.25) is 0 Å². The lowest BCUT2D eigenvalue weighted by Crippen LogP contribution is -2.28. The summed E-state index contributed by atoms with van der Waals surface area (Å²) in [5.74, 6) is -0.900. The molecule has 1 aliphatic rings. The van der Waals surface area contributed by atoms with Gasteiger partial charge in [0.25, 0.3) is 11.9 Å². The monoisotopic (exact) mass is 329 g/mol. The second-order valence-electron chi connectivity index (χ2n) is 5.53. The Morgan fingerprint density at radius 2 is 2.21 bits per heavy atom. The number of fused-ring (bicyclic) bond motifs is 1. The molecule has 1 aromatic heterocycles. The van der Waals surface area contributed by atoms with Crippen molar-refractivity contribution in [1.82, 2.24) is 10.3 Å². The third-order valence-electron chi connectivity index (χ3n) is 3.95. The molecule has 0 aliphatic carbocycles. The van der Waals surface area contributed by atoms with Crippen molar-refractivity contribution in [3.63, 3.8) is 0 Å². The van der Waals surface area contributed by atoms with Gasteiger partial charge in [0.05, 0.1) is 6.61 Å². The second-order valence-corrected chi connectivity index (χ2v) is 5.53. The molecule has 1 aliphatic heterocycles. The number of para-hydroxylation sites is 1. The number of amides is 1. The van der Waals surface area contributed by atoms with Crippen LogP contribution < -0.4 is 5.32 Å². The van der Waals surface area contributed by atoms with Gasteiger partial charge in [0.2, 0.25) is 0 Å². The molecule has 1 aromatic carbocycles. The lowest BCUT2D eigenvalue weighted by Gasteiger charge is -2.15. The molecule has 7 heteroatoms. The fourth-order valence-electron chi connectivity index (χ4n) is 2.76. The zero-order valence-corrected chi connectivity index (χ0v) is 13.5. The van der Waals surface area contributed by atoms with E-state index in [0.29, 0.717) is 0 Å². The summed E-state index contributed by atoms with van der Waals surface area (Å²) < 4.78 is 10.4. The van der Waals surface area contributed by atoms with Crippen molar-refractivity contribution in [2.45, 2.75) is 25.9 Å². The molecule has 0 saturated carbocycles. The van der Waals surface area contributed by atoms with E-state index in [4.69, 9.17) is 9.47 Å². The number of carbonyl (C=O) groups excluding carboxylic acids is 2. The minimum atomic E-state index is -0.690. The van der Waals surface area contributed by atoms with Crippen molar-refractivity contribution in [2.75, 3.05) is 13.2 Å². The van der Waals surface area contributed by atoms with Crippen LogP contribution in [0.25, 0.3) is 10.9 Å². The third-order valence-corrected chi connectivity index (χ3v) is 3.95. The van der Waals surface area contributed by atoms with E-state index in [0.717, 1.165) is 16.5 Å². The van der Waals surface area contributed by atoms with Crippen LogP contribution in [0.3, 0.4) is 0 Å². The first kappa shape index (κ1) is 16.0. The molecule has 126 valence electrons. The van der Waals surface area contributed by atoms with Gasteiger partial charge in [0.15, 0.2) is 6.10 Å². The second kappa shape index (κ2) is 6.74. The Kier molecular flexibility index (Phi) is 4.50. The molecule has 0 bridgehead atoms. The fourth-order valence-corrected chi connectivity index (χ4v) is 2.76. The lowest BCUT2D eigenvalue weighted by atomic mass is 9.94. The number of esters is 1. The summed E-state index contributed by atoms with van der Waals surface area (Å²) in [5.41, 5.74) is 2.01. The average molecular weight is 329 g/mol. The summed E-state index contributed by atoms with van der Waals surface area (Å²) in [6.45, 7) is 3.75. The Bertz CT molecular complexity index is 796. The predicted molar refractivity (Wildman–Crippen MR) is 88.7 cm³/mol. The summed E-state index contributed by atoms with van der Waals surface area (Å²) in [7, 11) is 0. The van der Waals surface area contributed by atoms with Gasteiger partial charge in [-0.05, 0) is 18.6 Å². The molecule has 1 fully saturated rings. The van der Waals surface area contributed by atoms with E-state index in [9.17, 15) is 9.59 Å². The zero-order chi connectivity index (χ0) is 17.1. The number of nitrogens with zero attached hydrogens (tertiary/aromatic N) is 1. The quantitative estimate of drug-likeness (QED) is 0.817. The van der Waals surface area contributed by atoms with Gasteiger partial charge in [-0.2, -0.15) is 0 Å². The molecule has 2 heterocycles. The number of amidine groups is 1. The number of nitrogens with one attached hydrogen (secondary N) is 2. The van der Waals surface area contributed by atoms with Gasteiger partial charge in [-0.3, -0.25) is 14.9 Å². The number of aromatic nitrogens is 1. The molecule has 0 radical (unpaired) electrons. The van der Waals surface area contributed by atoms with E-state index in [2.05, 4.69) is 15.3 Å². The summed E-state index contributed by atoms with van der Waals surface area (Å²) >= 11 is 0. The van der Waals surface area contributed by atoms with Crippen LogP contribution in [-0.2, 0) is 19.1 Å². The van der Waals surface area contributed by atoms with Crippen LogP contribution in [0.1, 0.15) is 25.3 Å². The smallest absolute Gasteiger partial charge is 0.327 e. The molecule has 1 amide bonds. The van der Waals surface area contributed by atoms with Gasteiger partial charge < -0.3 is 14.5 Å². The molecular weight excluding hydrogens is 310 g/mol. The Morgan fingerprint density at radius 1 is 1.42 bits per heavy atom. The van der Waals surface area contributed by atoms with Gasteiger partial charge in [-0.15, -0.1) is 0 Å². The average Bonchev–Trinajstić information content (AvgIpc) is 3.16. The van der Waals surface area contributed by atoms with Crippen molar-refractivity contribution in [3.8, 4) is 0 Å². The SMILES string of the molecule is CCOC(=O)CN=C1NC(=O)[C@H]([C@H](C)c2c[nH]c3ccccc23)O1. The highest BCUT2D eigenvalue weighted by molar-refractivity contribution is 6.03. The lowest BCUT2D eigenvalue weighted by molar-refractivity contribution is -0.141. The van der Waals surface area contributed by atoms with E-state index in [1.54, 1.807) is 6.92 Å². The maximum atomic E-state index is 12.2. The Balaban J connectivity index is 1.74. The predicted octanol–water partition coefficient (Wildman–Crippen LogP) is 1.71. The number of carbonyl (C=O) groups is 2. The number of benzene rings is 1. The van der Waals surface area contributed by atoms with E-state index in [-0.39, 0.29) is 31.0 Å². The van der Waals surface area contributed by atoms with Gasteiger partial charge in [0, 0.05) is 23.0 Å². The molecule has 24 heavy (non-hydrogen) atoms. The van der Waals surface area contributed by atoms with E-state index in [1.807, 2.05) is 37.4 Å². The first-order valence-electron chi connectivity index (χ1n) is 7.83. The number of rotatable bonds is 5. The molecule has 1 saturated heterocycles. The van der Waals surface area contributed by atoms with E-state index < -0.39 is 12.1 Å². The largest absolute Gasteiger partial charge is 0.465 e. The topological polar surface area (TPSA) is 92.8 Å². The molecule has 0 unspecified atom stereocenters. The molecular formula is C17H19N3O4. The zero-order valence-electron chi connectivity index (χ0n) is 13.5. The van der Waals surface area contributed by atoms with Crippen LogP contribution in [0.4, 0.5) is 0 Å². The highest BCUT2D eigenvalue weighted by atomic mass is 16.5. The molecule has 2 atom stereocenters. The van der Waals surface area contributed by atoms with Crippen molar-refractivity contribution in [2.24, 2.45) is 4.99 Å². The van der Waals surface area contributed by atoms with Crippen LogP contribution in [0.5, 0.6) is 0 Å². The fraction of sp³-hybridized carbons (Fsp3) is 0.353. The number of hydrogen-bond donors (Lipinski definition) is 2. The maximum absolute atomic E-state index is 12.2. The van der Waals surface area contributed by atoms with Crippen LogP contribution >= 0.6 is 0 Å². The van der Waals surface area contributed by atoms with Gasteiger partial charge in [0.1, 0.15) is 6.54 Å². The van der Waals surface area contributed by atoms with Gasteiger partial charge in [-0.1, -0.05) is 25.1 Å². The molecule has 3 rings (SSSR count). The Labute approximate surface area is 139 Å². The van der Waals surface area contributed by atoms with E-state index in [1.165, 1.54) is 0 Å². The summed E-state index contributed by atoms with van der Waals surface area (Å²) in [4.78, 5) is 30.7. The summed E-state index contributed by atoms with van der Waals surface area (Å²) in [6.07, 6.45) is 1.20. The first-order valence-corrected chi connectivity index (χ1v) is 7.83. The number of hydrogen-bond acceptors (Lipinski definition) is 5. The summed E-state index contributed by atoms with van der Waals surface area (Å²) in [5, 5.41) is 3.62. The van der Waals surface area contributed by atoms with Gasteiger partial charge >= 0.3 is 5.97 Å². The summed E-state index contributed by atoms with van der Waals surface area (Å²) in [6, 6.07) is 7.94. The van der Waals surface area contributed by atoms with Crippen LogP contribution in [0.15, 0.2) is 35.5 Å². The number of H-pyrrole nitrogens is 1. The first-order chi connectivity index (χ1) is 11.6. The van der Waals surface area contributed by atoms with Crippen molar-refractivity contribution >= 4 is 28.8 Å². The minimum absolute atomic E-state index is 0.0599. The Morgan fingerprint density at radius 3 is 3.00 bits per heavy atom. The number of ether oxygens (including phenoxy) is 2. The maximum Gasteiger partial charge on any atom is 0.327 e. The normalized spacial score (nSPS) is 20.0. The standard InChI is InChI=1S/C17H19N3O4/c1-3-23-14(21)9-19-17-20-16(22)15(24-17)10(2)12-8-18-13-7-5-4-6-11(12)13/h4-8,10,15,18H,3,9H2,1-2H3,(H,19,20,22)/t10-,15+/m1/s1. The molecule has 7 nitrogen and oxygen atoms in total. The van der Waals surface area contributed by atoms with Crippen molar-refractivity contribution < 1.29 is 19.1 Å². The molecule has 2 N–H and O–H groups in total. The van der Waals surface area contributed by atoms with Crippen molar-refractivity contribution in [3.05, 3.63) is 36.0 Å². The highest BCUT2D eigenvalue weighted by Crippen LogP contribution is 2.30. The van der Waals surface area contributed by atoms with Gasteiger partial charge in [-0.25, -0.2) is 4.99 Å². The van der Waals surface area contributed by atoms with Crippen LogP contribution in [0, 0.1) is 0 Å². The third kappa shape index (κ3) is 3.10. The van der Waals surface area contributed by atoms with Crippen molar-refractivity contribution in [1.29, 1.82) is 0 Å². The van der Waals surface area contributed by atoms with E-state index >= 15 is 0 Å².